The van der Waals surface area contributed by atoms with Gasteiger partial charge in [0.1, 0.15) is 0 Å². The van der Waals surface area contributed by atoms with Gasteiger partial charge in [-0.15, -0.1) is 0 Å². The summed E-state index contributed by atoms with van der Waals surface area (Å²) in [6.45, 7) is 4.51. The van der Waals surface area contributed by atoms with Crippen molar-refractivity contribution in [3.05, 3.63) is 35.4 Å². The summed E-state index contributed by atoms with van der Waals surface area (Å²) in [6, 6.07) is 9.25. The smallest absolute Gasteiger partial charge is 0.0587 e. The molecule has 1 aliphatic rings. The van der Waals surface area contributed by atoms with Crippen LogP contribution in [-0.2, 0) is 6.42 Å². The molecule has 1 aromatic rings. The molecule has 0 fully saturated rings. The van der Waals surface area contributed by atoms with E-state index >= 15 is 0 Å². The van der Waals surface area contributed by atoms with Gasteiger partial charge in [-0.2, -0.15) is 0 Å². The SMILES string of the molecule is CC(C)[C@@H](CO)NC1CCc2ccccc21. The van der Waals surface area contributed by atoms with Crippen LogP contribution >= 0.6 is 0 Å². The average molecular weight is 219 g/mol. The highest BCUT2D eigenvalue weighted by molar-refractivity contribution is 5.34. The number of aliphatic hydroxyl groups is 1. The van der Waals surface area contributed by atoms with Gasteiger partial charge >= 0.3 is 0 Å². The third-order valence-electron chi connectivity index (χ3n) is 3.55. The van der Waals surface area contributed by atoms with Gasteiger partial charge in [0.05, 0.1) is 6.61 Å². The topological polar surface area (TPSA) is 32.3 Å². The quantitative estimate of drug-likeness (QED) is 0.814. The van der Waals surface area contributed by atoms with Crippen molar-refractivity contribution in [2.75, 3.05) is 6.61 Å². The number of hydrogen-bond donors (Lipinski definition) is 2. The number of aliphatic hydroxyl groups excluding tert-OH is 1. The molecular formula is C14H21NO. The Morgan fingerprint density at radius 3 is 2.81 bits per heavy atom. The summed E-state index contributed by atoms with van der Waals surface area (Å²) in [4.78, 5) is 0. The molecule has 2 heteroatoms. The summed E-state index contributed by atoms with van der Waals surface area (Å²) in [5, 5.41) is 12.9. The van der Waals surface area contributed by atoms with Crippen LogP contribution < -0.4 is 5.32 Å². The molecule has 0 heterocycles. The fourth-order valence-corrected chi connectivity index (χ4v) is 2.44. The van der Waals surface area contributed by atoms with Crippen molar-refractivity contribution in [3.63, 3.8) is 0 Å². The lowest BCUT2D eigenvalue weighted by Crippen LogP contribution is -2.38. The van der Waals surface area contributed by atoms with E-state index in [2.05, 4.69) is 43.4 Å². The van der Waals surface area contributed by atoms with Crippen molar-refractivity contribution in [3.8, 4) is 0 Å². The first-order valence-corrected chi connectivity index (χ1v) is 6.17. The Morgan fingerprint density at radius 2 is 2.12 bits per heavy atom. The third kappa shape index (κ3) is 2.28. The van der Waals surface area contributed by atoms with E-state index in [1.54, 1.807) is 0 Å². The van der Waals surface area contributed by atoms with Gasteiger partial charge in [0.15, 0.2) is 0 Å². The largest absolute Gasteiger partial charge is 0.395 e. The zero-order chi connectivity index (χ0) is 11.5. The minimum atomic E-state index is 0.205. The van der Waals surface area contributed by atoms with Gasteiger partial charge in [0.25, 0.3) is 0 Å². The molecule has 0 aromatic heterocycles. The number of nitrogens with one attached hydrogen (secondary N) is 1. The highest BCUT2D eigenvalue weighted by Crippen LogP contribution is 2.31. The van der Waals surface area contributed by atoms with E-state index in [1.807, 2.05) is 0 Å². The van der Waals surface area contributed by atoms with Gasteiger partial charge in [-0.25, -0.2) is 0 Å². The first kappa shape index (κ1) is 11.6. The first-order valence-electron chi connectivity index (χ1n) is 6.17. The Kier molecular flexibility index (Phi) is 3.62. The van der Waals surface area contributed by atoms with Crippen LogP contribution in [0.1, 0.15) is 37.4 Å². The Morgan fingerprint density at radius 1 is 1.38 bits per heavy atom. The van der Waals surface area contributed by atoms with Gasteiger partial charge in [-0.05, 0) is 29.9 Å². The van der Waals surface area contributed by atoms with Crippen molar-refractivity contribution in [2.24, 2.45) is 5.92 Å². The summed E-state index contributed by atoms with van der Waals surface area (Å²) in [5.74, 6) is 0.470. The van der Waals surface area contributed by atoms with E-state index in [9.17, 15) is 5.11 Å². The Hall–Kier alpha value is -0.860. The van der Waals surface area contributed by atoms with E-state index < -0.39 is 0 Å². The van der Waals surface area contributed by atoms with E-state index in [0.29, 0.717) is 12.0 Å². The second-order valence-corrected chi connectivity index (χ2v) is 4.99. The number of benzene rings is 1. The van der Waals surface area contributed by atoms with E-state index in [4.69, 9.17) is 0 Å². The number of hydrogen-bond acceptors (Lipinski definition) is 2. The van der Waals surface area contributed by atoms with Crippen LogP contribution in [0.5, 0.6) is 0 Å². The van der Waals surface area contributed by atoms with E-state index in [0.717, 1.165) is 12.8 Å². The Labute approximate surface area is 97.7 Å². The van der Waals surface area contributed by atoms with Crippen LogP contribution in [-0.4, -0.2) is 17.8 Å². The van der Waals surface area contributed by atoms with Crippen molar-refractivity contribution in [2.45, 2.75) is 38.8 Å². The molecule has 0 radical (unpaired) electrons. The highest BCUT2D eigenvalue weighted by atomic mass is 16.3. The van der Waals surface area contributed by atoms with Crippen molar-refractivity contribution < 1.29 is 5.11 Å². The van der Waals surface area contributed by atoms with Crippen LogP contribution in [0.15, 0.2) is 24.3 Å². The average Bonchev–Trinajstić information content (AvgIpc) is 2.69. The second kappa shape index (κ2) is 4.98. The molecule has 88 valence electrons. The van der Waals surface area contributed by atoms with Gasteiger partial charge in [0, 0.05) is 12.1 Å². The monoisotopic (exact) mass is 219 g/mol. The number of aryl methyl sites for hydroxylation is 1. The van der Waals surface area contributed by atoms with Crippen LogP contribution in [0.4, 0.5) is 0 Å². The molecule has 0 bridgehead atoms. The maximum absolute atomic E-state index is 9.34. The minimum absolute atomic E-state index is 0.205. The molecule has 16 heavy (non-hydrogen) atoms. The summed E-state index contributed by atoms with van der Waals surface area (Å²) in [5.41, 5.74) is 2.88. The summed E-state index contributed by atoms with van der Waals surface area (Å²) < 4.78 is 0. The first-order chi connectivity index (χ1) is 7.72. The second-order valence-electron chi connectivity index (χ2n) is 4.99. The lowest BCUT2D eigenvalue weighted by molar-refractivity contribution is 0.199. The predicted octanol–water partition coefficient (Wildman–Crippen LogP) is 2.28. The van der Waals surface area contributed by atoms with Gasteiger partial charge in [-0.3, -0.25) is 0 Å². The van der Waals surface area contributed by atoms with Gasteiger partial charge < -0.3 is 10.4 Å². The highest BCUT2D eigenvalue weighted by Gasteiger charge is 2.24. The molecule has 1 aromatic carbocycles. The van der Waals surface area contributed by atoms with Gasteiger partial charge in [-0.1, -0.05) is 38.1 Å². The van der Waals surface area contributed by atoms with Crippen molar-refractivity contribution in [1.29, 1.82) is 0 Å². The fourth-order valence-electron chi connectivity index (χ4n) is 2.44. The number of rotatable bonds is 4. The summed E-state index contributed by atoms with van der Waals surface area (Å²) >= 11 is 0. The van der Waals surface area contributed by atoms with Crippen LogP contribution in [0.25, 0.3) is 0 Å². The lowest BCUT2D eigenvalue weighted by Gasteiger charge is -2.25. The molecule has 1 unspecified atom stereocenters. The molecule has 2 rings (SSSR count). The molecule has 0 aliphatic heterocycles. The summed E-state index contributed by atoms with van der Waals surface area (Å²) in [6.07, 6.45) is 2.31. The molecule has 2 N–H and O–H groups in total. The molecule has 0 saturated heterocycles. The standard InChI is InChI=1S/C14H21NO/c1-10(2)14(9-16)15-13-8-7-11-5-3-4-6-12(11)13/h3-6,10,13-16H,7-9H2,1-2H3/t13?,14-/m1/s1. The van der Waals surface area contributed by atoms with Gasteiger partial charge in [0.2, 0.25) is 0 Å². The molecule has 0 saturated carbocycles. The third-order valence-corrected chi connectivity index (χ3v) is 3.55. The van der Waals surface area contributed by atoms with E-state index in [-0.39, 0.29) is 12.6 Å². The van der Waals surface area contributed by atoms with Crippen molar-refractivity contribution in [1.82, 2.24) is 5.32 Å². The molecule has 0 amide bonds. The summed E-state index contributed by atoms with van der Waals surface area (Å²) in [7, 11) is 0. The number of fused-ring (bicyclic) bond motifs is 1. The minimum Gasteiger partial charge on any atom is -0.395 e. The predicted molar refractivity (Wildman–Crippen MR) is 66.4 cm³/mol. The fraction of sp³-hybridized carbons (Fsp3) is 0.571. The molecular weight excluding hydrogens is 198 g/mol. The zero-order valence-corrected chi connectivity index (χ0v) is 10.1. The van der Waals surface area contributed by atoms with Crippen LogP contribution in [0.3, 0.4) is 0 Å². The Balaban J connectivity index is 2.08. The van der Waals surface area contributed by atoms with Crippen LogP contribution in [0.2, 0.25) is 0 Å². The molecule has 2 atom stereocenters. The molecule has 2 nitrogen and oxygen atoms in total. The molecule has 0 spiro atoms. The van der Waals surface area contributed by atoms with Crippen LogP contribution in [0, 0.1) is 5.92 Å². The van der Waals surface area contributed by atoms with Crippen molar-refractivity contribution >= 4 is 0 Å². The molecule has 1 aliphatic carbocycles. The lowest BCUT2D eigenvalue weighted by atomic mass is 10.0. The Bertz CT molecular complexity index is 348. The van der Waals surface area contributed by atoms with E-state index in [1.165, 1.54) is 11.1 Å². The normalized spacial score (nSPS) is 21.1. The maximum atomic E-state index is 9.34. The zero-order valence-electron chi connectivity index (χ0n) is 10.1. The maximum Gasteiger partial charge on any atom is 0.0587 e.